The molecule has 0 aromatic heterocycles. The number of fused-ring (bicyclic) bond motifs is 1. The molecule has 10 heavy (non-hydrogen) atoms. The Kier molecular flexibility index (Phi) is 1.31. The zero-order valence-electron chi connectivity index (χ0n) is 5.06. The van der Waals surface area contributed by atoms with Gasteiger partial charge in [-0.1, -0.05) is 0 Å². The van der Waals surface area contributed by atoms with Gasteiger partial charge in [0.15, 0.2) is 11.5 Å². The number of benzene rings is 1. The molecule has 2 nitrogen and oxygen atoms in total. The predicted octanol–water partition coefficient (Wildman–Crippen LogP) is 1.98. The Hall–Kier alpha value is -0.700. The monoisotopic (exact) mass is 199 g/mol. The Balaban J connectivity index is 2.59. The third kappa shape index (κ3) is 0.778. The molecule has 3 heteroatoms. The van der Waals surface area contributed by atoms with Gasteiger partial charge < -0.3 is 9.47 Å². The number of hydrogen-bond donors (Lipinski definition) is 0. The second-order valence-electron chi connectivity index (χ2n) is 1.89. The first-order chi connectivity index (χ1) is 4.88. The van der Waals surface area contributed by atoms with Crippen molar-refractivity contribution < 1.29 is 9.47 Å². The quantitative estimate of drug-likeness (QED) is 0.637. The summed E-state index contributed by atoms with van der Waals surface area (Å²) in [7, 11) is 0. The van der Waals surface area contributed by atoms with Crippen LogP contribution < -0.4 is 9.47 Å². The van der Waals surface area contributed by atoms with Gasteiger partial charge in [-0.2, -0.15) is 0 Å². The molecule has 0 fully saturated rings. The first-order valence-corrected chi connectivity index (χ1v) is 3.63. The molecule has 0 saturated heterocycles. The van der Waals surface area contributed by atoms with E-state index in [-0.39, 0.29) is 0 Å². The molecule has 51 valence electrons. The van der Waals surface area contributed by atoms with Crippen molar-refractivity contribution in [3.63, 3.8) is 0 Å². The average molecular weight is 200 g/mol. The molecule has 0 amide bonds. The summed E-state index contributed by atoms with van der Waals surface area (Å²) in [5.41, 5.74) is 0. The Bertz CT molecular complexity index is 260. The van der Waals surface area contributed by atoms with E-state index in [9.17, 15) is 0 Å². The first-order valence-electron chi connectivity index (χ1n) is 2.84. The van der Waals surface area contributed by atoms with Gasteiger partial charge >= 0.3 is 0 Å². The Morgan fingerprint density at radius 2 is 2.40 bits per heavy atom. The highest BCUT2D eigenvalue weighted by atomic mass is 79.9. The largest absolute Gasteiger partial charge is 0.454 e. The van der Waals surface area contributed by atoms with Gasteiger partial charge in [0.1, 0.15) is 0 Å². The summed E-state index contributed by atoms with van der Waals surface area (Å²) in [6, 6.07) is 6.56. The number of rotatable bonds is 0. The van der Waals surface area contributed by atoms with Gasteiger partial charge in [0.2, 0.25) is 6.79 Å². The molecule has 0 bridgehead atoms. The van der Waals surface area contributed by atoms with Gasteiger partial charge in [0.05, 0.1) is 4.47 Å². The maximum absolute atomic E-state index is 5.13. The van der Waals surface area contributed by atoms with Crippen LogP contribution in [0.2, 0.25) is 0 Å². The predicted molar refractivity (Wildman–Crippen MR) is 39.1 cm³/mol. The highest BCUT2D eigenvalue weighted by Gasteiger charge is 2.14. The van der Waals surface area contributed by atoms with E-state index in [1.165, 1.54) is 0 Å². The van der Waals surface area contributed by atoms with Gasteiger partial charge in [-0.25, -0.2) is 0 Å². The molecule has 1 aromatic carbocycles. The molecule has 1 aliphatic heterocycles. The topological polar surface area (TPSA) is 18.5 Å². The molecular weight excluding hydrogens is 196 g/mol. The summed E-state index contributed by atoms with van der Waals surface area (Å²) < 4.78 is 11.1. The Labute approximate surface area is 66.9 Å². The fraction of sp³-hybridized carbons (Fsp3) is 0.143. The van der Waals surface area contributed by atoms with Gasteiger partial charge in [-0.3, -0.25) is 0 Å². The number of ether oxygens (including phenoxy) is 2. The van der Waals surface area contributed by atoms with Gasteiger partial charge in [-0.05, 0) is 28.1 Å². The zero-order chi connectivity index (χ0) is 6.97. The summed E-state index contributed by atoms with van der Waals surface area (Å²) in [4.78, 5) is 0. The van der Waals surface area contributed by atoms with Crippen LogP contribution in [0.3, 0.4) is 0 Å². The van der Waals surface area contributed by atoms with Crippen molar-refractivity contribution in [1.82, 2.24) is 0 Å². The fourth-order valence-corrected chi connectivity index (χ4v) is 1.28. The summed E-state index contributed by atoms with van der Waals surface area (Å²) >= 11 is 3.29. The minimum absolute atomic E-state index is 0.311. The van der Waals surface area contributed by atoms with Crippen LogP contribution in [0.15, 0.2) is 16.6 Å². The lowest BCUT2D eigenvalue weighted by molar-refractivity contribution is 0.173. The highest BCUT2D eigenvalue weighted by Crippen LogP contribution is 2.37. The average Bonchev–Trinajstić information content (AvgIpc) is 2.36. The van der Waals surface area contributed by atoms with Crippen LogP contribution in [0.4, 0.5) is 0 Å². The molecule has 2 rings (SSSR count). The van der Waals surface area contributed by atoms with Gasteiger partial charge in [-0.15, -0.1) is 0 Å². The van der Waals surface area contributed by atoms with Crippen molar-refractivity contribution in [3.8, 4) is 11.5 Å². The zero-order valence-corrected chi connectivity index (χ0v) is 6.64. The molecule has 1 aliphatic rings. The summed E-state index contributed by atoms with van der Waals surface area (Å²) in [5, 5.41) is 0. The SMILES string of the molecule is Brc1[c]ccc2c1OCO2. The molecule has 0 N–H and O–H groups in total. The fourth-order valence-electron chi connectivity index (χ4n) is 0.840. The molecule has 0 unspecified atom stereocenters. The van der Waals surface area contributed by atoms with E-state index in [1.807, 2.05) is 6.07 Å². The number of hydrogen-bond acceptors (Lipinski definition) is 2. The Morgan fingerprint density at radius 1 is 1.50 bits per heavy atom. The van der Waals surface area contributed by atoms with E-state index >= 15 is 0 Å². The van der Waals surface area contributed by atoms with E-state index in [0.29, 0.717) is 6.79 Å². The van der Waals surface area contributed by atoms with Crippen LogP contribution in [0.5, 0.6) is 11.5 Å². The molecule has 0 aliphatic carbocycles. The van der Waals surface area contributed by atoms with Crippen molar-refractivity contribution >= 4 is 15.9 Å². The normalized spacial score (nSPS) is 13.7. The first kappa shape index (κ1) is 6.04. The third-order valence-corrected chi connectivity index (χ3v) is 1.87. The van der Waals surface area contributed by atoms with E-state index in [2.05, 4.69) is 22.0 Å². The van der Waals surface area contributed by atoms with Crippen molar-refractivity contribution in [2.45, 2.75) is 0 Å². The van der Waals surface area contributed by atoms with Crippen LogP contribution in [0.25, 0.3) is 0 Å². The van der Waals surface area contributed by atoms with Crippen LogP contribution >= 0.6 is 15.9 Å². The summed E-state index contributed by atoms with van der Waals surface area (Å²) in [5.74, 6) is 1.54. The van der Waals surface area contributed by atoms with E-state index in [0.717, 1.165) is 16.0 Å². The second-order valence-corrected chi connectivity index (χ2v) is 2.68. The maximum atomic E-state index is 5.13. The smallest absolute Gasteiger partial charge is 0.231 e. The Morgan fingerprint density at radius 3 is 3.20 bits per heavy atom. The summed E-state index contributed by atoms with van der Waals surface area (Å²) in [6.07, 6.45) is 0. The van der Waals surface area contributed by atoms with Crippen LogP contribution in [0, 0.1) is 6.07 Å². The molecule has 1 radical (unpaired) electrons. The molecule has 0 atom stereocenters. The van der Waals surface area contributed by atoms with E-state index in [1.54, 1.807) is 6.07 Å². The van der Waals surface area contributed by atoms with Crippen LogP contribution in [-0.4, -0.2) is 6.79 Å². The van der Waals surface area contributed by atoms with E-state index < -0.39 is 0 Å². The highest BCUT2D eigenvalue weighted by molar-refractivity contribution is 9.10. The van der Waals surface area contributed by atoms with Crippen LogP contribution in [0.1, 0.15) is 0 Å². The maximum Gasteiger partial charge on any atom is 0.231 e. The standard InChI is InChI=1S/C7H4BrO2/c8-5-2-1-3-6-7(5)10-4-9-6/h1,3H,4H2. The summed E-state index contributed by atoms with van der Waals surface area (Å²) in [6.45, 7) is 0.311. The van der Waals surface area contributed by atoms with Crippen molar-refractivity contribution in [2.24, 2.45) is 0 Å². The van der Waals surface area contributed by atoms with Crippen molar-refractivity contribution in [1.29, 1.82) is 0 Å². The molecule has 0 spiro atoms. The number of halogens is 1. The third-order valence-electron chi connectivity index (χ3n) is 1.29. The van der Waals surface area contributed by atoms with Crippen molar-refractivity contribution in [2.75, 3.05) is 6.79 Å². The lowest BCUT2D eigenvalue weighted by Gasteiger charge is -1.94. The van der Waals surface area contributed by atoms with Gasteiger partial charge in [0, 0.05) is 6.07 Å². The van der Waals surface area contributed by atoms with Crippen molar-refractivity contribution in [3.05, 3.63) is 22.7 Å². The second kappa shape index (κ2) is 2.16. The lowest BCUT2D eigenvalue weighted by atomic mass is 10.3. The lowest BCUT2D eigenvalue weighted by Crippen LogP contribution is -1.93. The molecule has 0 saturated carbocycles. The van der Waals surface area contributed by atoms with Crippen LogP contribution in [-0.2, 0) is 0 Å². The minimum Gasteiger partial charge on any atom is -0.454 e. The van der Waals surface area contributed by atoms with Gasteiger partial charge in [0.25, 0.3) is 0 Å². The molecule has 1 heterocycles. The molecule has 1 aromatic rings. The van der Waals surface area contributed by atoms with E-state index in [4.69, 9.17) is 9.47 Å². The minimum atomic E-state index is 0.311. The molecular formula is C7H4BrO2.